The molecule has 0 unspecified atom stereocenters. The second kappa shape index (κ2) is 12.6. The van der Waals surface area contributed by atoms with Crippen molar-refractivity contribution in [1.29, 1.82) is 0 Å². The lowest BCUT2D eigenvalue weighted by Gasteiger charge is -2.40. The molecule has 2 aromatic carbocycles. The van der Waals surface area contributed by atoms with Gasteiger partial charge in [0.25, 0.3) is 11.8 Å². The van der Waals surface area contributed by atoms with Crippen LogP contribution in [-0.4, -0.2) is 64.3 Å². The van der Waals surface area contributed by atoms with E-state index in [4.69, 9.17) is 10.7 Å². The first-order chi connectivity index (χ1) is 21.3. The van der Waals surface area contributed by atoms with E-state index in [2.05, 4.69) is 51.7 Å². The number of hydrogen-bond donors (Lipinski definition) is 3. The van der Waals surface area contributed by atoms with Crippen LogP contribution in [0.5, 0.6) is 0 Å². The Morgan fingerprint density at radius 1 is 0.864 bits per heavy atom. The van der Waals surface area contributed by atoms with E-state index in [-0.39, 0.29) is 29.6 Å². The molecule has 6 rings (SSSR count). The van der Waals surface area contributed by atoms with Crippen LogP contribution in [0, 0.1) is 0 Å². The number of rotatable bonds is 8. The molecule has 3 aliphatic rings. The second-order valence-corrected chi connectivity index (χ2v) is 12.4. The topological polar surface area (TPSA) is 134 Å². The summed E-state index contributed by atoms with van der Waals surface area (Å²) in [4.78, 5) is 50.3. The van der Waals surface area contributed by atoms with Gasteiger partial charge in [0.1, 0.15) is 5.82 Å². The number of nitrogens with zero attached hydrogens (tertiary/aromatic N) is 4. The van der Waals surface area contributed by atoms with E-state index in [0.717, 1.165) is 51.0 Å². The van der Waals surface area contributed by atoms with Gasteiger partial charge in [-0.25, -0.2) is 9.97 Å². The van der Waals surface area contributed by atoms with E-state index in [1.54, 1.807) is 13.1 Å². The van der Waals surface area contributed by atoms with Crippen molar-refractivity contribution >= 4 is 35.0 Å². The molecule has 3 fully saturated rings. The zero-order valence-corrected chi connectivity index (χ0v) is 25.5. The Morgan fingerprint density at radius 2 is 1.50 bits per heavy atom. The van der Waals surface area contributed by atoms with Gasteiger partial charge in [0.15, 0.2) is 11.5 Å². The summed E-state index contributed by atoms with van der Waals surface area (Å²) >= 11 is 0. The summed E-state index contributed by atoms with van der Waals surface area (Å²) in [7, 11) is 0. The Balaban J connectivity index is 1.13. The first-order valence-corrected chi connectivity index (χ1v) is 15.7. The van der Waals surface area contributed by atoms with Crippen molar-refractivity contribution in [3.63, 3.8) is 0 Å². The Labute approximate surface area is 258 Å². The SMILES string of the molecule is CC(=O)N1CCC(c2ccc(Nc3nc(N4CCC[C@@H](NC(=O)c5ccc(C6CC6)cc5)[C@H]4C)cnc3C(N)=O)cc2)CC1. The molecule has 2 aliphatic heterocycles. The molecule has 10 heteroatoms. The lowest BCUT2D eigenvalue weighted by molar-refractivity contribution is -0.129. The van der Waals surface area contributed by atoms with Crippen LogP contribution in [0.25, 0.3) is 0 Å². The van der Waals surface area contributed by atoms with Gasteiger partial charge in [-0.2, -0.15) is 0 Å². The molecule has 4 N–H and O–H groups in total. The van der Waals surface area contributed by atoms with E-state index >= 15 is 0 Å². The molecular formula is C34H41N7O3. The van der Waals surface area contributed by atoms with Crippen LogP contribution in [0.3, 0.4) is 0 Å². The Hall–Kier alpha value is -4.47. The standard InChI is InChI=1S/C34H41N7O3/c1-21-29(38-34(44)27-9-7-24(8-10-27)23-5-6-23)4-3-17-41(21)30-20-36-31(32(35)43)33(39-30)37-28-13-11-25(12-14-28)26-15-18-40(19-16-26)22(2)42/h7-14,20-21,23,26,29H,3-6,15-19H2,1-2H3,(H2,35,43)(H,37,39)(H,38,44)/t21-,29-/m1/s1. The van der Waals surface area contributed by atoms with Crippen molar-refractivity contribution in [2.24, 2.45) is 5.73 Å². The molecule has 2 saturated heterocycles. The van der Waals surface area contributed by atoms with Gasteiger partial charge >= 0.3 is 0 Å². The fourth-order valence-electron chi connectivity index (χ4n) is 6.52. The maximum Gasteiger partial charge on any atom is 0.271 e. The zero-order valence-electron chi connectivity index (χ0n) is 25.5. The largest absolute Gasteiger partial charge is 0.364 e. The average Bonchev–Trinajstić information content (AvgIpc) is 3.88. The van der Waals surface area contributed by atoms with Gasteiger partial charge in [-0.1, -0.05) is 24.3 Å². The summed E-state index contributed by atoms with van der Waals surface area (Å²) in [6.07, 6.45) is 7.67. The fraction of sp³-hybridized carbons (Fsp3) is 0.441. The monoisotopic (exact) mass is 595 g/mol. The highest BCUT2D eigenvalue weighted by Crippen LogP contribution is 2.40. The average molecular weight is 596 g/mol. The van der Waals surface area contributed by atoms with Gasteiger partial charge in [-0.3, -0.25) is 14.4 Å². The molecule has 0 radical (unpaired) electrons. The number of likely N-dealkylation sites (tertiary alicyclic amines) is 1. The summed E-state index contributed by atoms with van der Waals surface area (Å²) in [6, 6.07) is 16.0. The van der Waals surface area contributed by atoms with Crippen LogP contribution in [0.4, 0.5) is 17.3 Å². The highest BCUT2D eigenvalue weighted by molar-refractivity contribution is 5.96. The number of carbonyl (C=O) groups excluding carboxylic acids is 3. The predicted molar refractivity (Wildman–Crippen MR) is 170 cm³/mol. The third kappa shape index (κ3) is 6.54. The number of nitrogens with one attached hydrogen (secondary N) is 2. The molecule has 44 heavy (non-hydrogen) atoms. The summed E-state index contributed by atoms with van der Waals surface area (Å²) in [6.45, 7) is 6.01. The molecule has 230 valence electrons. The van der Waals surface area contributed by atoms with Gasteiger partial charge in [-0.05, 0) is 92.7 Å². The number of primary amides is 1. The number of anilines is 3. The Morgan fingerprint density at radius 3 is 2.11 bits per heavy atom. The van der Waals surface area contributed by atoms with Gasteiger partial charge < -0.3 is 26.2 Å². The lowest BCUT2D eigenvalue weighted by Crippen LogP contribution is -2.54. The van der Waals surface area contributed by atoms with Crippen molar-refractivity contribution in [3.8, 4) is 0 Å². The molecule has 1 saturated carbocycles. The summed E-state index contributed by atoms with van der Waals surface area (Å²) in [5, 5.41) is 6.49. The van der Waals surface area contributed by atoms with Gasteiger partial charge in [0, 0.05) is 49.9 Å². The van der Waals surface area contributed by atoms with E-state index in [1.807, 2.05) is 29.2 Å². The van der Waals surface area contributed by atoms with Gasteiger partial charge in [0.2, 0.25) is 5.91 Å². The van der Waals surface area contributed by atoms with Gasteiger partial charge in [-0.15, -0.1) is 0 Å². The molecule has 2 atom stereocenters. The van der Waals surface area contributed by atoms with Crippen LogP contribution >= 0.6 is 0 Å². The van der Waals surface area contributed by atoms with E-state index in [9.17, 15) is 14.4 Å². The number of carbonyl (C=O) groups is 3. The highest BCUT2D eigenvalue weighted by Gasteiger charge is 2.31. The van der Waals surface area contributed by atoms with E-state index < -0.39 is 5.91 Å². The number of aromatic nitrogens is 2. The van der Waals surface area contributed by atoms with E-state index in [0.29, 0.717) is 29.0 Å². The van der Waals surface area contributed by atoms with Crippen LogP contribution in [0.15, 0.2) is 54.7 Å². The molecule has 10 nitrogen and oxygen atoms in total. The van der Waals surface area contributed by atoms with Crippen LogP contribution in [-0.2, 0) is 4.79 Å². The molecule has 0 bridgehead atoms. The van der Waals surface area contributed by atoms with Crippen LogP contribution < -0.4 is 21.3 Å². The predicted octanol–water partition coefficient (Wildman–Crippen LogP) is 4.71. The molecule has 3 heterocycles. The number of hydrogen-bond acceptors (Lipinski definition) is 7. The highest BCUT2D eigenvalue weighted by atomic mass is 16.2. The molecule has 1 aliphatic carbocycles. The third-order valence-corrected chi connectivity index (χ3v) is 9.40. The second-order valence-electron chi connectivity index (χ2n) is 12.4. The van der Waals surface area contributed by atoms with Crippen molar-refractivity contribution in [2.75, 3.05) is 29.9 Å². The molecular weight excluding hydrogens is 554 g/mol. The quantitative estimate of drug-likeness (QED) is 0.343. The number of benzene rings is 2. The number of nitrogens with two attached hydrogens (primary N) is 1. The normalized spacial score (nSPS) is 20.7. The lowest BCUT2D eigenvalue weighted by atomic mass is 9.89. The first-order valence-electron chi connectivity index (χ1n) is 15.7. The van der Waals surface area contributed by atoms with Crippen molar-refractivity contribution < 1.29 is 14.4 Å². The molecule has 0 spiro atoms. The molecule has 1 aromatic heterocycles. The smallest absolute Gasteiger partial charge is 0.271 e. The summed E-state index contributed by atoms with van der Waals surface area (Å²) < 4.78 is 0. The maximum absolute atomic E-state index is 13.1. The van der Waals surface area contributed by atoms with E-state index in [1.165, 1.54) is 24.0 Å². The van der Waals surface area contributed by atoms with Crippen LogP contribution in [0.2, 0.25) is 0 Å². The van der Waals surface area contributed by atoms with Crippen molar-refractivity contribution in [1.82, 2.24) is 20.2 Å². The number of piperidine rings is 2. The Bertz CT molecular complexity index is 1510. The first kappa shape index (κ1) is 29.6. The summed E-state index contributed by atoms with van der Waals surface area (Å²) in [5.41, 5.74) is 9.71. The Kier molecular flexibility index (Phi) is 8.50. The minimum absolute atomic E-state index is 0.0336. The molecule has 3 amide bonds. The van der Waals surface area contributed by atoms with Gasteiger partial charge in [0.05, 0.1) is 6.20 Å². The van der Waals surface area contributed by atoms with Crippen molar-refractivity contribution in [2.45, 2.75) is 76.3 Å². The van der Waals surface area contributed by atoms with Crippen LogP contribution in [0.1, 0.15) is 96.2 Å². The number of amides is 3. The maximum atomic E-state index is 13.1. The minimum Gasteiger partial charge on any atom is -0.364 e. The fourth-order valence-corrected chi connectivity index (χ4v) is 6.52. The molecule has 3 aromatic rings. The third-order valence-electron chi connectivity index (χ3n) is 9.40. The summed E-state index contributed by atoms with van der Waals surface area (Å²) in [5.74, 6) is 1.37. The van der Waals surface area contributed by atoms with Crippen molar-refractivity contribution in [3.05, 3.63) is 77.1 Å². The zero-order chi connectivity index (χ0) is 30.8. The minimum atomic E-state index is -0.662.